The van der Waals surface area contributed by atoms with Crippen LogP contribution in [0.5, 0.6) is 0 Å². The van der Waals surface area contributed by atoms with Crippen LogP contribution >= 0.6 is 27.5 Å². The first-order chi connectivity index (χ1) is 9.47. The minimum atomic E-state index is -0.633. The van der Waals surface area contributed by atoms with Crippen molar-refractivity contribution in [1.29, 1.82) is 0 Å². The Bertz CT molecular complexity index is 689. The highest BCUT2D eigenvalue weighted by molar-refractivity contribution is 9.10. The van der Waals surface area contributed by atoms with E-state index in [1.165, 1.54) is 18.2 Å². The molecule has 0 fully saturated rings. The van der Waals surface area contributed by atoms with E-state index in [-0.39, 0.29) is 17.2 Å². The molecule has 0 aliphatic heterocycles. The van der Waals surface area contributed by atoms with Gasteiger partial charge in [0.05, 0.1) is 11.3 Å². The number of primary amides is 1. The molecule has 20 heavy (non-hydrogen) atoms. The zero-order chi connectivity index (χ0) is 14.7. The van der Waals surface area contributed by atoms with E-state index in [0.717, 1.165) is 4.47 Å². The number of nitrogens with two attached hydrogens (primary N) is 1. The number of anilines is 1. The summed E-state index contributed by atoms with van der Waals surface area (Å²) in [4.78, 5) is 23.5. The molecule has 0 bridgehead atoms. The van der Waals surface area contributed by atoms with Gasteiger partial charge in [-0.3, -0.25) is 9.59 Å². The van der Waals surface area contributed by atoms with Gasteiger partial charge in [-0.25, -0.2) is 0 Å². The minimum Gasteiger partial charge on any atom is -0.366 e. The molecule has 4 nitrogen and oxygen atoms in total. The summed E-state index contributed by atoms with van der Waals surface area (Å²) in [5.74, 6) is -0.984. The van der Waals surface area contributed by atoms with Gasteiger partial charge in [-0.1, -0.05) is 33.6 Å². The van der Waals surface area contributed by atoms with Crippen molar-refractivity contribution >= 4 is 45.0 Å². The Kier molecular flexibility index (Phi) is 4.42. The molecule has 0 radical (unpaired) electrons. The van der Waals surface area contributed by atoms with Crippen molar-refractivity contribution in [1.82, 2.24) is 0 Å². The summed E-state index contributed by atoms with van der Waals surface area (Å²) in [6.07, 6.45) is 0. The predicted octanol–water partition coefficient (Wildman–Crippen LogP) is 3.45. The molecule has 0 aliphatic rings. The molecule has 0 heterocycles. The Morgan fingerprint density at radius 3 is 2.55 bits per heavy atom. The predicted molar refractivity (Wildman–Crippen MR) is 82.1 cm³/mol. The zero-order valence-electron chi connectivity index (χ0n) is 10.2. The van der Waals surface area contributed by atoms with Gasteiger partial charge < -0.3 is 11.1 Å². The first kappa shape index (κ1) is 14.6. The van der Waals surface area contributed by atoms with Crippen LogP contribution in [0.15, 0.2) is 46.9 Å². The van der Waals surface area contributed by atoms with Crippen LogP contribution in [0.3, 0.4) is 0 Å². The van der Waals surface area contributed by atoms with Crippen molar-refractivity contribution in [2.45, 2.75) is 0 Å². The quantitative estimate of drug-likeness (QED) is 0.887. The number of carbonyl (C=O) groups excluding carboxylic acids is 2. The average Bonchev–Trinajstić information content (AvgIpc) is 2.38. The molecule has 0 aromatic heterocycles. The van der Waals surface area contributed by atoms with Crippen LogP contribution in [0, 0.1) is 0 Å². The van der Waals surface area contributed by atoms with Gasteiger partial charge in [0, 0.05) is 15.1 Å². The van der Waals surface area contributed by atoms with Gasteiger partial charge in [0.25, 0.3) is 11.8 Å². The lowest BCUT2D eigenvalue weighted by Crippen LogP contribution is -2.18. The Labute approximate surface area is 129 Å². The van der Waals surface area contributed by atoms with Gasteiger partial charge in [0.2, 0.25) is 0 Å². The van der Waals surface area contributed by atoms with Crippen LogP contribution in [0.25, 0.3) is 0 Å². The summed E-state index contributed by atoms with van der Waals surface area (Å²) < 4.78 is 0.784. The third kappa shape index (κ3) is 3.37. The summed E-state index contributed by atoms with van der Waals surface area (Å²) >= 11 is 9.16. The standard InChI is InChI=1S/C14H10BrClN2O2/c15-9-3-1-2-8(6-9)14(20)18-12-7-10(16)4-5-11(12)13(17)19/h1-7H,(H2,17,19)(H,18,20). The number of amides is 2. The van der Waals surface area contributed by atoms with Gasteiger partial charge in [0.1, 0.15) is 0 Å². The molecule has 2 amide bonds. The SMILES string of the molecule is NC(=O)c1ccc(Cl)cc1NC(=O)c1cccc(Br)c1. The molecule has 102 valence electrons. The molecule has 0 aliphatic carbocycles. The number of carbonyl (C=O) groups is 2. The van der Waals surface area contributed by atoms with Crippen molar-refractivity contribution in [2.24, 2.45) is 5.73 Å². The normalized spacial score (nSPS) is 10.1. The second kappa shape index (κ2) is 6.07. The summed E-state index contributed by atoms with van der Waals surface area (Å²) in [6.45, 7) is 0. The molecule has 0 spiro atoms. The van der Waals surface area contributed by atoms with Crippen molar-refractivity contribution in [2.75, 3.05) is 5.32 Å². The Balaban J connectivity index is 2.32. The van der Waals surface area contributed by atoms with Gasteiger partial charge in [-0.05, 0) is 36.4 Å². The lowest BCUT2D eigenvalue weighted by Gasteiger charge is -2.09. The molecule has 2 aromatic carbocycles. The fraction of sp³-hybridized carbons (Fsp3) is 0. The second-order valence-electron chi connectivity index (χ2n) is 4.02. The fourth-order valence-corrected chi connectivity index (χ4v) is 2.23. The van der Waals surface area contributed by atoms with Crippen LogP contribution in [0.4, 0.5) is 5.69 Å². The topological polar surface area (TPSA) is 72.2 Å². The Morgan fingerprint density at radius 1 is 1.15 bits per heavy atom. The molecule has 0 atom stereocenters. The van der Waals surface area contributed by atoms with Crippen molar-refractivity contribution in [3.05, 3.63) is 63.1 Å². The van der Waals surface area contributed by atoms with E-state index in [4.69, 9.17) is 17.3 Å². The first-order valence-electron chi connectivity index (χ1n) is 5.63. The summed E-state index contributed by atoms with van der Waals surface area (Å²) in [5.41, 5.74) is 6.21. The lowest BCUT2D eigenvalue weighted by molar-refractivity contribution is 0.100. The van der Waals surface area contributed by atoms with E-state index in [1.807, 2.05) is 6.07 Å². The van der Waals surface area contributed by atoms with E-state index >= 15 is 0 Å². The molecule has 2 rings (SSSR count). The largest absolute Gasteiger partial charge is 0.366 e. The van der Waals surface area contributed by atoms with Gasteiger partial charge >= 0.3 is 0 Å². The lowest BCUT2D eigenvalue weighted by atomic mass is 10.1. The van der Waals surface area contributed by atoms with E-state index in [0.29, 0.717) is 10.6 Å². The monoisotopic (exact) mass is 352 g/mol. The molecule has 6 heteroatoms. The molecule has 0 unspecified atom stereocenters. The van der Waals surface area contributed by atoms with Crippen LogP contribution in [0.1, 0.15) is 20.7 Å². The maximum absolute atomic E-state index is 12.1. The first-order valence-corrected chi connectivity index (χ1v) is 6.81. The molecule has 3 N–H and O–H groups in total. The van der Waals surface area contributed by atoms with Crippen LogP contribution in [0.2, 0.25) is 5.02 Å². The highest BCUT2D eigenvalue weighted by Crippen LogP contribution is 2.22. The maximum atomic E-state index is 12.1. The van der Waals surface area contributed by atoms with Gasteiger partial charge in [-0.2, -0.15) is 0 Å². The Morgan fingerprint density at radius 2 is 1.90 bits per heavy atom. The highest BCUT2D eigenvalue weighted by Gasteiger charge is 2.13. The van der Waals surface area contributed by atoms with Crippen LogP contribution in [-0.2, 0) is 0 Å². The number of rotatable bonds is 3. The number of nitrogens with one attached hydrogen (secondary N) is 1. The third-order valence-electron chi connectivity index (χ3n) is 2.58. The minimum absolute atomic E-state index is 0.206. The molecule has 0 saturated carbocycles. The van der Waals surface area contributed by atoms with Gasteiger partial charge in [0.15, 0.2) is 0 Å². The van der Waals surface area contributed by atoms with Gasteiger partial charge in [-0.15, -0.1) is 0 Å². The molecular formula is C14H10BrClN2O2. The smallest absolute Gasteiger partial charge is 0.255 e. The number of halogens is 2. The number of benzene rings is 2. The van der Waals surface area contributed by atoms with E-state index in [2.05, 4.69) is 21.2 Å². The van der Waals surface area contributed by atoms with Crippen molar-refractivity contribution < 1.29 is 9.59 Å². The average molecular weight is 354 g/mol. The molecular weight excluding hydrogens is 344 g/mol. The van der Waals surface area contributed by atoms with Crippen molar-refractivity contribution in [3.63, 3.8) is 0 Å². The van der Waals surface area contributed by atoms with Crippen LogP contribution in [-0.4, -0.2) is 11.8 Å². The summed E-state index contributed by atoms with van der Waals surface area (Å²) in [7, 11) is 0. The zero-order valence-corrected chi connectivity index (χ0v) is 12.5. The fourth-order valence-electron chi connectivity index (χ4n) is 1.66. The Hall–Kier alpha value is -1.85. The molecule has 0 saturated heterocycles. The van der Waals surface area contributed by atoms with Crippen molar-refractivity contribution in [3.8, 4) is 0 Å². The number of hydrogen-bond donors (Lipinski definition) is 2. The molecule has 2 aromatic rings. The third-order valence-corrected chi connectivity index (χ3v) is 3.31. The second-order valence-corrected chi connectivity index (χ2v) is 5.37. The summed E-state index contributed by atoms with van der Waals surface area (Å²) in [5, 5.41) is 3.03. The highest BCUT2D eigenvalue weighted by atomic mass is 79.9. The van der Waals surface area contributed by atoms with E-state index in [1.54, 1.807) is 18.2 Å². The van der Waals surface area contributed by atoms with E-state index < -0.39 is 5.91 Å². The maximum Gasteiger partial charge on any atom is 0.255 e. The summed E-state index contributed by atoms with van der Waals surface area (Å²) in [6, 6.07) is 11.4. The van der Waals surface area contributed by atoms with Crippen LogP contribution < -0.4 is 11.1 Å². The number of hydrogen-bond acceptors (Lipinski definition) is 2. The van der Waals surface area contributed by atoms with E-state index in [9.17, 15) is 9.59 Å².